The number of aromatic nitrogens is 3. The maximum Gasteiger partial charge on any atom is 0.252 e. The molecule has 0 bridgehead atoms. The van der Waals surface area contributed by atoms with Crippen molar-refractivity contribution in [3.63, 3.8) is 0 Å². The van der Waals surface area contributed by atoms with E-state index in [2.05, 4.69) is 15.0 Å². The minimum absolute atomic E-state index is 0.146. The number of nitrogens with two attached hydrogens (primary N) is 1. The molecule has 0 aliphatic heterocycles. The number of rotatable bonds is 0. The van der Waals surface area contributed by atoms with Gasteiger partial charge in [-0.2, -0.15) is 4.98 Å². The van der Waals surface area contributed by atoms with Crippen molar-refractivity contribution in [1.29, 1.82) is 0 Å². The van der Waals surface area contributed by atoms with Crippen LogP contribution in [0.5, 0.6) is 0 Å². The lowest BCUT2D eigenvalue weighted by atomic mass is 9.97. The molecule has 2 rings (SSSR count). The Morgan fingerprint density at radius 2 is 2.00 bits per heavy atom. The summed E-state index contributed by atoms with van der Waals surface area (Å²) < 4.78 is 5.47. The number of hydrogen-bond donors (Lipinski definition) is 1. The number of anilines is 1. The van der Waals surface area contributed by atoms with Crippen LogP contribution in [-0.2, 0) is 5.41 Å². The molecule has 2 aromatic heterocycles. The van der Waals surface area contributed by atoms with Gasteiger partial charge in [-0.05, 0) is 0 Å². The molecule has 2 N–H and O–H groups in total. The molecule has 2 aromatic rings. The summed E-state index contributed by atoms with van der Waals surface area (Å²) in [5.41, 5.74) is 6.48. The highest BCUT2D eigenvalue weighted by atomic mass is 16.4. The van der Waals surface area contributed by atoms with Crippen molar-refractivity contribution < 1.29 is 4.42 Å². The first kappa shape index (κ1) is 8.93. The summed E-state index contributed by atoms with van der Waals surface area (Å²) in [5, 5.41) is 0. The molecule has 0 unspecified atom stereocenters. The average molecular weight is 192 g/mol. The molecule has 14 heavy (non-hydrogen) atoms. The van der Waals surface area contributed by atoms with E-state index in [0.29, 0.717) is 22.9 Å². The van der Waals surface area contributed by atoms with Crippen LogP contribution in [0.4, 0.5) is 5.82 Å². The Labute approximate surface area is 81.4 Å². The number of oxazole rings is 1. The highest BCUT2D eigenvalue weighted by Crippen LogP contribution is 2.25. The Kier molecular flexibility index (Phi) is 1.70. The molecular weight excluding hydrogens is 180 g/mol. The van der Waals surface area contributed by atoms with Crippen LogP contribution in [-0.4, -0.2) is 15.0 Å². The summed E-state index contributed by atoms with van der Waals surface area (Å²) in [6, 6.07) is 0. The number of hydrogen-bond acceptors (Lipinski definition) is 5. The minimum atomic E-state index is -0.146. The van der Waals surface area contributed by atoms with Gasteiger partial charge >= 0.3 is 0 Å². The second-order valence-electron chi connectivity index (χ2n) is 4.18. The third-order valence-corrected chi connectivity index (χ3v) is 1.87. The van der Waals surface area contributed by atoms with E-state index in [1.54, 1.807) is 0 Å². The van der Waals surface area contributed by atoms with Gasteiger partial charge in [0, 0.05) is 5.41 Å². The van der Waals surface area contributed by atoms with Crippen LogP contribution in [0.3, 0.4) is 0 Å². The van der Waals surface area contributed by atoms with Gasteiger partial charge in [0.15, 0.2) is 11.3 Å². The standard InChI is InChI=1S/C9H12N4O/c1-9(2,3)8-13-5-6(10)11-4-12-7(5)14-8/h4H,1-3H3,(H2,10,11,12). The first-order chi connectivity index (χ1) is 6.48. The summed E-state index contributed by atoms with van der Waals surface area (Å²) in [4.78, 5) is 12.1. The monoisotopic (exact) mass is 192 g/mol. The van der Waals surface area contributed by atoms with Crippen molar-refractivity contribution in [2.75, 3.05) is 5.73 Å². The van der Waals surface area contributed by atoms with Gasteiger partial charge in [0.25, 0.3) is 5.71 Å². The van der Waals surface area contributed by atoms with E-state index in [9.17, 15) is 0 Å². The zero-order valence-corrected chi connectivity index (χ0v) is 8.40. The van der Waals surface area contributed by atoms with E-state index in [4.69, 9.17) is 10.2 Å². The first-order valence-electron chi connectivity index (χ1n) is 4.36. The molecule has 0 saturated carbocycles. The van der Waals surface area contributed by atoms with Crippen LogP contribution in [0.1, 0.15) is 26.7 Å². The summed E-state index contributed by atoms with van der Waals surface area (Å²) in [5.74, 6) is 0.981. The molecule has 2 heterocycles. The van der Waals surface area contributed by atoms with E-state index in [1.807, 2.05) is 20.8 Å². The van der Waals surface area contributed by atoms with Crippen LogP contribution in [0.15, 0.2) is 10.7 Å². The molecule has 0 amide bonds. The maximum atomic E-state index is 5.64. The molecule has 0 radical (unpaired) electrons. The largest absolute Gasteiger partial charge is 0.422 e. The van der Waals surface area contributed by atoms with Gasteiger partial charge in [0.05, 0.1) is 0 Å². The molecule has 0 saturated heterocycles. The molecule has 74 valence electrons. The van der Waals surface area contributed by atoms with Gasteiger partial charge in [-0.3, -0.25) is 0 Å². The number of fused-ring (bicyclic) bond motifs is 1. The lowest BCUT2D eigenvalue weighted by Crippen LogP contribution is -2.11. The van der Waals surface area contributed by atoms with Crippen molar-refractivity contribution in [3.05, 3.63) is 12.2 Å². The van der Waals surface area contributed by atoms with Crippen molar-refractivity contribution in [2.24, 2.45) is 0 Å². The fourth-order valence-corrected chi connectivity index (χ4v) is 1.09. The Morgan fingerprint density at radius 1 is 1.29 bits per heavy atom. The fraction of sp³-hybridized carbons (Fsp3) is 0.444. The zero-order chi connectivity index (χ0) is 10.3. The third-order valence-electron chi connectivity index (χ3n) is 1.87. The SMILES string of the molecule is CC(C)(C)c1nc2c(N)ncnc2o1. The van der Waals surface area contributed by atoms with Gasteiger partial charge in [-0.1, -0.05) is 20.8 Å². The number of nitrogen functional groups attached to an aromatic ring is 1. The Morgan fingerprint density at radius 3 is 2.57 bits per heavy atom. The summed E-state index contributed by atoms with van der Waals surface area (Å²) in [6.45, 7) is 6.05. The Bertz CT molecular complexity index is 469. The van der Waals surface area contributed by atoms with Gasteiger partial charge in [0.1, 0.15) is 6.33 Å². The van der Waals surface area contributed by atoms with Gasteiger partial charge in [-0.25, -0.2) is 9.97 Å². The zero-order valence-electron chi connectivity index (χ0n) is 8.40. The number of nitrogens with zero attached hydrogens (tertiary/aromatic N) is 3. The van der Waals surface area contributed by atoms with Crippen LogP contribution >= 0.6 is 0 Å². The molecule has 5 nitrogen and oxygen atoms in total. The lowest BCUT2D eigenvalue weighted by molar-refractivity contribution is 0.407. The average Bonchev–Trinajstić information content (AvgIpc) is 2.48. The van der Waals surface area contributed by atoms with Gasteiger partial charge < -0.3 is 10.2 Å². The summed E-state index contributed by atoms with van der Waals surface area (Å²) in [7, 11) is 0. The Hall–Kier alpha value is -1.65. The molecule has 0 aliphatic carbocycles. The molecular formula is C9H12N4O. The predicted octanol–water partition coefficient (Wildman–Crippen LogP) is 1.50. The Balaban J connectivity index is 2.69. The predicted molar refractivity (Wildman–Crippen MR) is 52.7 cm³/mol. The van der Waals surface area contributed by atoms with Crippen molar-refractivity contribution >= 4 is 17.0 Å². The normalized spacial score (nSPS) is 12.2. The van der Waals surface area contributed by atoms with Gasteiger partial charge in [-0.15, -0.1) is 0 Å². The van der Waals surface area contributed by atoms with Crippen molar-refractivity contribution in [3.8, 4) is 0 Å². The smallest absolute Gasteiger partial charge is 0.252 e. The quantitative estimate of drug-likeness (QED) is 0.684. The fourth-order valence-electron chi connectivity index (χ4n) is 1.09. The van der Waals surface area contributed by atoms with Crippen LogP contribution in [0.2, 0.25) is 0 Å². The maximum absolute atomic E-state index is 5.64. The molecule has 0 fully saturated rings. The van der Waals surface area contributed by atoms with E-state index in [0.717, 1.165) is 0 Å². The first-order valence-corrected chi connectivity index (χ1v) is 4.36. The van der Waals surface area contributed by atoms with E-state index < -0.39 is 0 Å². The van der Waals surface area contributed by atoms with Crippen LogP contribution in [0, 0.1) is 0 Å². The topological polar surface area (TPSA) is 77.8 Å². The van der Waals surface area contributed by atoms with Crippen LogP contribution in [0.25, 0.3) is 11.2 Å². The van der Waals surface area contributed by atoms with Crippen LogP contribution < -0.4 is 5.73 Å². The van der Waals surface area contributed by atoms with Gasteiger partial charge in [0.2, 0.25) is 5.89 Å². The molecule has 0 atom stereocenters. The molecule has 0 aromatic carbocycles. The molecule has 5 heteroatoms. The van der Waals surface area contributed by atoms with Crippen molar-refractivity contribution in [1.82, 2.24) is 15.0 Å². The third kappa shape index (κ3) is 1.30. The van der Waals surface area contributed by atoms with E-state index >= 15 is 0 Å². The second-order valence-corrected chi connectivity index (χ2v) is 4.18. The highest BCUT2D eigenvalue weighted by molar-refractivity contribution is 5.79. The van der Waals surface area contributed by atoms with E-state index in [1.165, 1.54) is 6.33 Å². The highest BCUT2D eigenvalue weighted by Gasteiger charge is 2.22. The molecule has 0 spiro atoms. The second kappa shape index (κ2) is 2.67. The molecule has 0 aliphatic rings. The summed E-state index contributed by atoms with van der Waals surface area (Å²) in [6.07, 6.45) is 1.37. The lowest BCUT2D eigenvalue weighted by Gasteiger charge is -2.11. The minimum Gasteiger partial charge on any atom is -0.422 e. The van der Waals surface area contributed by atoms with Crippen molar-refractivity contribution in [2.45, 2.75) is 26.2 Å². The summed E-state index contributed by atoms with van der Waals surface area (Å²) >= 11 is 0. The van der Waals surface area contributed by atoms with E-state index in [-0.39, 0.29) is 5.41 Å².